The van der Waals surface area contributed by atoms with Crippen molar-refractivity contribution in [3.63, 3.8) is 0 Å². The van der Waals surface area contributed by atoms with Crippen molar-refractivity contribution in [2.45, 2.75) is 44.3 Å². The molecule has 160 valence electrons. The number of phenolic OH excluding ortho intramolecular Hbond substituents is 1. The van der Waals surface area contributed by atoms with Gasteiger partial charge in [0.1, 0.15) is 11.3 Å². The number of amides is 1. The molecule has 2 aliphatic rings. The number of hydrogen-bond donors (Lipinski definition) is 1. The Labute approximate surface area is 179 Å². The molecule has 30 heavy (non-hydrogen) atoms. The number of carbonyl (C=O) groups is 1. The van der Waals surface area contributed by atoms with E-state index in [2.05, 4.69) is 48.9 Å². The molecule has 2 heterocycles. The Morgan fingerprint density at radius 3 is 2.40 bits per heavy atom. The molecule has 0 bridgehead atoms. The van der Waals surface area contributed by atoms with Gasteiger partial charge in [-0.15, -0.1) is 0 Å². The highest BCUT2D eigenvalue weighted by atomic mass is 16.3. The van der Waals surface area contributed by atoms with Crippen LogP contribution in [0.2, 0.25) is 0 Å². The number of rotatable bonds is 4. The van der Waals surface area contributed by atoms with Crippen LogP contribution in [0.4, 0.5) is 0 Å². The van der Waals surface area contributed by atoms with Crippen LogP contribution >= 0.6 is 0 Å². The van der Waals surface area contributed by atoms with Gasteiger partial charge >= 0.3 is 0 Å². The number of aromatic hydroxyl groups is 1. The smallest absolute Gasteiger partial charge is 0.244 e. The van der Waals surface area contributed by atoms with Crippen LogP contribution in [0.5, 0.6) is 5.75 Å². The number of phenols is 1. The van der Waals surface area contributed by atoms with Crippen molar-refractivity contribution in [3.05, 3.63) is 65.7 Å². The molecule has 1 amide bonds. The van der Waals surface area contributed by atoms with Gasteiger partial charge in [-0.2, -0.15) is 0 Å². The third-order valence-corrected chi connectivity index (χ3v) is 6.87. The van der Waals surface area contributed by atoms with Gasteiger partial charge in [-0.25, -0.2) is 0 Å². The van der Waals surface area contributed by atoms with Crippen LogP contribution in [0.1, 0.15) is 43.9 Å². The predicted octanol–water partition coefficient (Wildman–Crippen LogP) is 3.50. The zero-order chi connectivity index (χ0) is 21.3. The maximum absolute atomic E-state index is 13.8. The first-order valence-corrected chi connectivity index (χ1v) is 11.0. The van der Waals surface area contributed by atoms with Gasteiger partial charge in [0.2, 0.25) is 5.91 Å². The van der Waals surface area contributed by atoms with Gasteiger partial charge in [-0.1, -0.05) is 42.5 Å². The largest absolute Gasteiger partial charge is 0.508 e. The minimum Gasteiger partial charge on any atom is -0.508 e. The monoisotopic (exact) mass is 407 g/mol. The number of carbonyl (C=O) groups excluding carboxylic acids is 1. The summed E-state index contributed by atoms with van der Waals surface area (Å²) in [4.78, 5) is 20.5. The third-order valence-electron chi connectivity index (χ3n) is 6.87. The second-order valence-corrected chi connectivity index (χ2v) is 9.10. The molecule has 0 saturated carbocycles. The SMILES string of the molecule is C[C@H]1CN(C(c2ccccc2)c2cccc(O)c2)[C@](C)(C(=O)N2CCCC2)CN1C. The van der Waals surface area contributed by atoms with Crippen molar-refractivity contribution in [2.24, 2.45) is 0 Å². The summed E-state index contributed by atoms with van der Waals surface area (Å²) < 4.78 is 0. The molecule has 0 aliphatic carbocycles. The van der Waals surface area contributed by atoms with Crippen LogP contribution in [0, 0.1) is 0 Å². The molecule has 0 spiro atoms. The minimum atomic E-state index is -0.641. The average molecular weight is 408 g/mol. The fourth-order valence-electron chi connectivity index (χ4n) is 5.08. The van der Waals surface area contributed by atoms with E-state index in [4.69, 9.17) is 0 Å². The lowest BCUT2D eigenvalue weighted by molar-refractivity contribution is -0.150. The second kappa shape index (κ2) is 8.40. The summed E-state index contributed by atoms with van der Waals surface area (Å²) in [6, 6.07) is 18.1. The Morgan fingerprint density at radius 1 is 1.07 bits per heavy atom. The number of nitrogens with zero attached hydrogens (tertiary/aromatic N) is 3. The number of likely N-dealkylation sites (tertiary alicyclic amines) is 1. The van der Waals surface area contributed by atoms with E-state index in [9.17, 15) is 9.90 Å². The third kappa shape index (κ3) is 3.84. The Kier molecular flexibility index (Phi) is 5.85. The first kappa shape index (κ1) is 20.9. The van der Waals surface area contributed by atoms with Crippen LogP contribution in [0.25, 0.3) is 0 Å². The maximum atomic E-state index is 13.8. The fourth-order valence-corrected chi connectivity index (χ4v) is 5.08. The molecule has 0 radical (unpaired) electrons. The molecular formula is C25H33N3O2. The van der Waals surface area contributed by atoms with E-state index < -0.39 is 5.54 Å². The summed E-state index contributed by atoms with van der Waals surface area (Å²) in [6.07, 6.45) is 2.17. The Bertz CT molecular complexity index is 881. The van der Waals surface area contributed by atoms with Crippen molar-refractivity contribution in [1.82, 2.24) is 14.7 Å². The fraction of sp³-hybridized carbons (Fsp3) is 0.480. The summed E-state index contributed by atoms with van der Waals surface area (Å²) in [5, 5.41) is 10.2. The van der Waals surface area contributed by atoms with E-state index >= 15 is 0 Å². The van der Waals surface area contributed by atoms with E-state index in [1.807, 2.05) is 35.2 Å². The Balaban J connectivity index is 1.82. The van der Waals surface area contributed by atoms with Gasteiger partial charge in [0.05, 0.1) is 6.04 Å². The first-order valence-electron chi connectivity index (χ1n) is 11.0. The van der Waals surface area contributed by atoms with Crippen molar-refractivity contribution in [3.8, 4) is 5.75 Å². The molecule has 1 N–H and O–H groups in total. The molecule has 2 fully saturated rings. The number of likely N-dealkylation sites (N-methyl/N-ethyl adjacent to an activating group) is 1. The molecule has 2 aromatic carbocycles. The van der Waals surface area contributed by atoms with Gasteiger partial charge in [-0.3, -0.25) is 9.69 Å². The van der Waals surface area contributed by atoms with Crippen LogP contribution in [0.15, 0.2) is 54.6 Å². The highest BCUT2D eigenvalue weighted by Crippen LogP contribution is 2.39. The molecule has 0 aromatic heterocycles. The average Bonchev–Trinajstić information content (AvgIpc) is 3.27. The lowest BCUT2D eigenvalue weighted by Gasteiger charge is -2.53. The highest BCUT2D eigenvalue weighted by Gasteiger charge is 2.50. The highest BCUT2D eigenvalue weighted by molar-refractivity contribution is 5.87. The van der Waals surface area contributed by atoms with E-state index in [0.717, 1.165) is 43.6 Å². The van der Waals surface area contributed by atoms with Gasteiger partial charge in [0.15, 0.2) is 0 Å². The lowest BCUT2D eigenvalue weighted by Crippen LogP contribution is -2.69. The molecular weight excluding hydrogens is 374 g/mol. The molecule has 4 rings (SSSR count). The van der Waals surface area contributed by atoms with Crippen molar-refractivity contribution in [1.29, 1.82) is 0 Å². The first-order chi connectivity index (χ1) is 14.4. The summed E-state index contributed by atoms with van der Waals surface area (Å²) >= 11 is 0. The Morgan fingerprint density at radius 2 is 1.73 bits per heavy atom. The van der Waals surface area contributed by atoms with Crippen LogP contribution < -0.4 is 0 Å². The van der Waals surface area contributed by atoms with Crippen molar-refractivity contribution in [2.75, 3.05) is 33.2 Å². The molecule has 2 saturated heterocycles. The summed E-state index contributed by atoms with van der Waals surface area (Å²) in [5.41, 5.74) is 1.51. The summed E-state index contributed by atoms with van der Waals surface area (Å²) in [5.74, 6) is 0.475. The molecule has 2 aromatic rings. The summed E-state index contributed by atoms with van der Waals surface area (Å²) in [6.45, 7) is 7.49. The summed E-state index contributed by atoms with van der Waals surface area (Å²) in [7, 11) is 2.11. The number of hydrogen-bond acceptors (Lipinski definition) is 4. The quantitative estimate of drug-likeness (QED) is 0.843. The topological polar surface area (TPSA) is 47.0 Å². The van der Waals surface area contributed by atoms with Crippen LogP contribution in [-0.2, 0) is 4.79 Å². The normalized spacial score (nSPS) is 26.6. The van der Waals surface area contributed by atoms with Crippen molar-refractivity contribution < 1.29 is 9.90 Å². The Hall–Kier alpha value is -2.37. The lowest BCUT2D eigenvalue weighted by atomic mass is 9.86. The second-order valence-electron chi connectivity index (χ2n) is 9.10. The van der Waals surface area contributed by atoms with E-state index in [-0.39, 0.29) is 17.7 Å². The standard InChI is InChI=1S/C25H33N3O2/c1-19-17-28(25(2,18-26(19)3)24(30)27-14-7-8-15-27)23(20-10-5-4-6-11-20)21-12-9-13-22(29)16-21/h4-6,9-13,16,19,23,29H,7-8,14-15,17-18H2,1-3H3/t19-,23?,25-/m0/s1. The molecule has 3 atom stereocenters. The zero-order valence-corrected chi connectivity index (χ0v) is 18.3. The van der Waals surface area contributed by atoms with Gasteiger partial charge in [0, 0.05) is 32.2 Å². The van der Waals surface area contributed by atoms with Crippen molar-refractivity contribution >= 4 is 5.91 Å². The predicted molar refractivity (Wildman–Crippen MR) is 119 cm³/mol. The van der Waals surface area contributed by atoms with E-state index in [0.29, 0.717) is 12.6 Å². The van der Waals surface area contributed by atoms with Crippen LogP contribution in [0.3, 0.4) is 0 Å². The van der Waals surface area contributed by atoms with Gasteiger partial charge < -0.3 is 14.9 Å². The molecule has 1 unspecified atom stereocenters. The minimum absolute atomic E-state index is 0.106. The van der Waals surface area contributed by atoms with E-state index in [1.54, 1.807) is 6.07 Å². The van der Waals surface area contributed by atoms with E-state index in [1.165, 1.54) is 0 Å². The molecule has 2 aliphatic heterocycles. The van der Waals surface area contributed by atoms with Gasteiger partial charge in [-0.05, 0) is 57.0 Å². The number of piperazine rings is 1. The maximum Gasteiger partial charge on any atom is 0.244 e. The number of benzene rings is 2. The van der Waals surface area contributed by atoms with Crippen LogP contribution in [-0.4, -0.2) is 70.5 Å². The molecule has 5 heteroatoms. The molecule has 5 nitrogen and oxygen atoms in total. The van der Waals surface area contributed by atoms with Gasteiger partial charge in [0.25, 0.3) is 0 Å². The zero-order valence-electron chi connectivity index (χ0n) is 18.3.